The van der Waals surface area contributed by atoms with Crippen molar-refractivity contribution in [2.45, 2.75) is 84.8 Å². The van der Waals surface area contributed by atoms with Gasteiger partial charge < -0.3 is 14.2 Å². The minimum Gasteiger partial charge on any atom is -0.376 e. The molecule has 0 aliphatic carbocycles. The standard InChI is InChI=1S/C19H38O3/c1-5-7-8-9-10-11-21-18-14-20-15-19(18)22-13-17(4)12-16(3)6-2/h16-19H,5-15H2,1-4H3. The molecule has 4 atom stereocenters. The Hall–Kier alpha value is -0.120. The molecule has 4 unspecified atom stereocenters. The normalized spacial score (nSPS) is 24.5. The zero-order valence-corrected chi connectivity index (χ0v) is 15.3. The van der Waals surface area contributed by atoms with Gasteiger partial charge in [-0.25, -0.2) is 0 Å². The summed E-state index contributed by atoms with van der Waals surface area (Å²) in [7, 11) is 0. The molecule has 0 aromatic rings. The first kappa shape index (κ1) is 19.9. The Morgan fingerprint density at radius 1 is 0.909 bits per heavy atom. The van der Waals surface area contributed by atoms with Crippen molar-refractivity contribution in [3.63, 3.8) is 0 Å². The van der Waals surface area contributed by atoms with Gasteiger partial charge >= 0.3 is 0 Å². The average Bonchev–Trinajstić information content (AvgIpc) is 2.96. The maximum atomic E-state index is 6.07. The maximum Gasteiger partial charge on any atom is 0.109 e. The Bertz CT molecular complexity index is 257. The summed E-state index contributed by atoms with van der Waals surface area (Å²) < 4.78 is 17.6. The molecule has 0 aromatic heterocycles. The molecular weight excluding hydrogens is 276 g/mol. The summed E-state index contributed by atoms with van der Waals surface area (Å²) in [5.41, 5.74) is 0. The lowest BCUT2D eigenvalue weighted by atomic mass is 9.96. The zero-order valence-electron chi connectivity index (χ0n) is 15.3. The van der Waals surface area contributed by atoms with Crippen LogP contribution in [0.5, 0.6) is 0 Å². The van der Waals surface area contributed by atoms with E-state index in [-0.39, 0.29) is 12.2 Å². The summed E-state index contributed by atoms with van der Waals surface area (Å²) in [6.45, 7) is 12.2. The summed E-state index contributed by atoms with van der Waals surface area (Å²) in [6, 6.07) is 0. The van der Waals surface area contributed by atoms with Crippen LogP contribution in [0.15, 0.2) is 0 Å². The van der Waals surface area contributed by atoms with Crippen LogP contribution in [0.3, 0.4) is 0 Å². The summed E-state index contributed by atoms with van der Waals surface area (Å²) in [5.74, 6) is 1.40. The molecule has 22 heavy (non-hydrogen) atoms. The molecule has 0 spiro atoms. The second kappa shape index (κ2) is 12.3. The molecule has 1 rings (SSSR count). The van der Waals surface area contributed by atoms with Crippen molar-refractivity contribution in [2.24, 2.45) is 11.8 Å². The molecule has 3 heteroatoms. The van der Waals surface area contributed by atoms with Crippen LogP contribution in [-0.4, -0.2) is 38.6 Å². The third kappa shape index (κ3) is 8.50. The molecule has 1 aliphatic heterocycles. The first-order valence-corrected chi connectivity index (χ1v) is 9.48. The van der Waals surface area contributed by atoms with Crippen molar-refractivity contribution in [3.8, 4) is 0 Å². The van der Waals surface area contributed by atoms with Gasteiger partial charge in [-0.05, 0) is 24.7 Å². The SMILES string of the molecule is CCCCCCCOC1COCC1OCC(C)CC(C)CC. The fourth-order valence-corrected chi connectivity index (χ4v) is 2.98. The highest BCUT2D eigenvalue weighted by molar-refractivity contribution is 4.77. The van der Waals surface area contributed by atoms with E-state index in [1.54, 1.807) is 0 Å². The molecule has 1 aliphatic rings. The van der Waals surface area contributed by atoms with E-state index in [0.29, 0.717) is 19.1 Å². The third-order valence-electron chi connectivity index (χ3n) is 4.66. The highest BCUT2D eigenvalue weighted by Gasteiger charge is 2.30. The van der Waals surface area contributed by atoms with E-state index < -0.39 is 0 Å². The summed E-state index contributed by atoms with van der Waals surface area (Å²) in [6.07, 6.45) is 9.17. The van der Waals surface area contributed by atoms with Gasteiger partial charge in [0.25, 0.3) is 0 Å². The first-order chi connectivity index (χ1) is 10.7. The minimum absolute atomic E-state index is 0.134. The predicted molar refractivity (Wildman–Crippen MR) is 92.3 cm³/mol. The van der Waals surface area contributed by atoms with Crippen molar-refractivity contribution in [1.29, 1.82) is 0 Å². The van der Waals surface area contributed by atoms with Crippen molar-refractivity contribution in [2.75, 3.05) is 26.4 Å². The van der Waals surface area contributed by atoms with Crippen LogP contribution in [0.25, 0.3) is 0 Å². The number of hydrogen-bond acceptors (Lipinski definition) is 3. The molecule has 1 fully saturated rings. The number of hydrogen-bond donors (Lipinski definition) is 0. The summed E-state index contributed by atoms with van der Waals surface area (Å²) >= 11 is 0. The van der Waals surface area contributed by atoms with Gasteiger partial charge in [-0.3, -0.25) is 0 Å². The second-order valence-corrected chi connectivity index (χ2v) is 7.09. The Morgan fingerprint density at radius 3 is 2.27 bits per heavy atom. The molecule has 3 nitrogen and oxygen atoms in total. The minimum atomic E-state index is 0.134. The molecular formula is C19H38O3. The van der Waals surface area contributed by atoms with Gasteiger partial charge in [0.15, 0.2) is 0 Å². The molecule has 0 N–H and O–H groups in total. The van der Waals surface area contributed by atoms with Gasteiger partial charge in [0, 0.05) is 13.2 Å². The van der Waals surface area contributed by atoms with Gasteiger partial charge in [-0.15, -0.1) is 0 Å². The highest BCUT2D eigenvalue weighted by atomic mass is 16.6. The van der Waals surface area contributed by atoms with Crippen molar-refractivity contribution in [1.82, 2.24) is 0 Å². The van der Waals surface area contributed by atoms with Crippen LogP contribution in [0.1, 0.15) is 72.6 Å². The van der Waals surface area contributed by atoms with Crippen LogP contribution in [0.2, 0.25) is 0 Å². The van der Waals surface area contributed by atoms with Crippen molar-refractivity contribution >= 4 is 0 Å². The zero-order chi connectivity index (χ0) is 16.2. The Labute approximate surface area is 138 Å². The Morgan fingerprint density at radius 2 is 1.59 bits per heavy atom. The van der Waals surface area contributed by atoms with E-state index >= 15 is 0 Å². The smallest absolute Gasteiger partial charge is 0.109 e. The lowest BCUT2D eigenvalue weighted by Crippen LogP contribution is -2.32. The van der Waals surface area contributed by atoms with Crippen LogP contribution >= 0.6 is 0 Å². The topological polar surface area (TPSA) is 27.7 Å². The van der Waals surface area contributed by atoms with Crippen molar-refractivity contribution < 1.29 is 14.2 Å². The van der Waals surface area contributed by atoms with Gasteiger partial charge in [-0.1, -0.05) is 59.8 Å². The number of unbranched alkanes of at least 4 members (excludes halogenated alkanes) is 4. The van der Waals surface area contributed by atoms with E-state index in [1.165, 1.54) is 38.5 Å². The molecule has 0 aromatic carbocycles. The Kier molecular flexibility index (Phi) is 11.2. The molecule has 0 saturated carbocycles. The monoisotopic (exact) mass is 314 g/mol. The quantitative estimate of drug-likeness (QED) is 0.456. The molecule has 0 bridgehead atoms. The lowest BCUT2D eigenvalue weighted by molar-refractivity contribution is -0.0566. The van der Waals surface area contributed by atoms with Crippen LogP contribution in [0.4, 0.5) is 0 Å². The fourth-order valence-electron chi connectivity index (χ4n) is 2.98. The predicted octanol–water partition coefficient (Wildman–Crippen LogP) is 4.83. The maximum absolute atomic E-state index is 6.07. The first-order valence-electron chi connectivity index (χ1n) is 9.48. The van der Waals surface area contributed by atoms with E-state index in [9.17, 15) is 0 Å². The van der Waals surface area contributed by atoms with Crippen LogP contribution < -0.4 is 0 Å². The molecule has 0 radical (unpaired) electrons. The van der Waals surface area contributed by atoms with Gasteiger partial charge in [-0.2, -0.15) is 0 Å². The number of rotatable bonds is 13. The second-order valence-electron chi connectivity index (χ2n) is 7.09. The summed E-state index contributed by atoms with van der Waals surface area (Å²) in [4.78, 5) is 0. The van der Waals surface area contributed by atoms with E-state index in [4.69, 9.17) is 14.2 Å². The summed E-state index contributed by atoms with van der Waals surface area (Å²) in [5, 5.41) is 0. The average molecular weight is 315 g/mol. The largest absolute Gasteiger partial charge is 0.376 e. The van der Waals surface area contributed by atoms with E-state index in [2.05, 4.69) is 27.7 Å². The molecule has 1 heterocycles. The highest BCUT2D eigenvalue weighted by Crippen LogP contribution is 2.19. The third-order valence-corrected chi connectivity index (χ3v) is 4.66. The molecule has 1 saturated heterocycles. The van der Waals surface area contributed by atoms with Crippen molar-refractivity contribution in [3.05, 3.63) is 0 Å². The fraction of sp³-hybridized carbons (Fsp3) is 1.00. The Balaban J connectivity index is 2.12. The van der Waals surface area contributed by atoms with Gasteiger partial charge in [0.2, 0.25) is 0 Å². The van der Waals surface area contributed by atoms with E-state index in [1.807, 2.05) is 0 Å². The van der Waals surface area contributed by atoms with Gasteiger partial charge in [0.05, 0.1) is 13.2 Å². The number of ether oxygens (including phenoxy) is 3. The molecule has 132 valence electrons. The van der Waals surface area contributed by atoms with Crippen LogP contribution in [0, 0.1) is 11.8 Å². The van der Waals surface area contributed by atoms with E-state index in [0.717, 1.165) is 25.6 Å². The lowest BCUT2D eigenvalue weighted by Gasteiger charge is -2.22. The van der Waals surface area contributed by atoms with Crippen LogP contribution in [-0.2, 0) is 14.2 Å². The van der Waals surface area contributed by atoms with Gasteiger partial charge in [0.1, 0.15) is 12.2 Å². The molecule has 0 amide bonds.